The normalized spacial score (nSPS) is 11.1. The van der Waals surface area contributed by atoms with Crippen LogP contribution in [0.5, 0.6) is 11.5 Å². The van der Waals surface area contributed by atoms with Crippen molar-refractivity contribution in [2.24, 2.45) is 0 Å². The molecule has 4 nitrogen and oxygen atoms in total. The van der Waals surface area contributed by atoms with E-state index in [-0.39, 0.29) is 17.3 Å². The first-order valence-corrected chi connectivity index (χ1v) is 10.1. The Kier molecular flexibility index (Phi) is 4.38. The van der Waals surface area contributed by atoms with E-state index in [0.717, 1.165) is 26.8 Å². The summed E-state index contributed by atoms with van der Waals surface area (Å²) in [6.07, 6.45) is 2.79. The van der Waals surface area contributed by atoms with Gasteiger partial charge in [-0.15, -0.1) is 11.3 Å². The SMILES string of the molecule is O=C(c1ccccc1)c1sc2cc(O)ccc2c1-c1ccc(-c2cocc2O)cc1. The Bertz CT molecular complexity index is 1360. The molecule has 0 aliphatic rings. The third kappa shape index (κ3) is 3.06. The average Bonchev–Trinajstić information content (AvgIpc) is 3.37. The molecular weight excluding hydrogens is 396 g/mol. The molecule has 2 aromatic heterocycles. The highest BCUT2D eigenvalue weighted by molar-refractivity contribution is 7.21. The molecular formula is C25H16O4S. The molecule has 0 radical (unpaired) electrons. The summed E-state index contributed by atoms with van der Waals surface area (Å²) in [4.78, 5) is 13.9. The number of ketones is 1. The summed E-state index contributed by atoms with van der Waals surface area (Å²) in [5.74, 6) is 0.196. The van der Waals surface area contributed by atoms with Gasteiger partial charge in [0.25, 0.3) is 0 Å². The molecule has 5 aromatic rings. The fourth-order valence-electron chi connectivity index (χ4n) is 3.58. The number of carbonyl (C=O) groups excluding carboxylic acids is 1. The minimum absolute atomic E-state index is 0.0529. The maximum Gasteiger partial charge on any atom is 0.203 e. The summed E-state index contributed by atoms with van der Waals surface area (Å²) in [5.41, 5.74) is 3.78. The molecule has 146 valence electrons. The zero-order valence-electron chi connectivity index (χ0n) is 15.7. The fourth-order valence-corrected chi connectivity index (χ4v) is 4.80. The Balaban J connectivity index is 1.68. The van der Waals surface area contributed by atoms with Crippen LogP contribution in [0.25, 0.3) is 32.3 Å². The van der Waals surface area contributed by atoms with E-state index in [1.54, 1.807) is 24.3 Å². The van der Waals surface area contributed by atoms with Crippen molar-refractivity contribution in [2.45, 2.75) is 0 Å². The van der Waals surface area contributed by atoms with Gasteiger partial charge in [-0.2, -0.15) is 0 Å². The van der Waals surface area contributed by atoms with Crippen molar-refractivity contribution < 1.29 is 19.4 Å². The molecule has 0 amide bonds. The number of rotatable bonds is 4. The molecule has 5 heteroatoms. The molecule has 0 atom stereocenters. The second kappa shape index (κ2) is 7.21. The third-order valence-corrected chi connectivity index (χ3v) is 6.19. The van der Waals surface area contributed by atoms with E-state index in [0.29, 0.717) is 16.0 Å². The molecule has 3 aromatic carbocycles. The van der Waals surface area contributed by atoms with Gasteiger partial charge in [-0.05, 0) is 29.3 Å². The highest BCUT2D eigenvalue weighted by Gasteiger charge is 2.21. The maximum atomic E-state index is 13.3. The largest absolute Gasteiger partial charge is 0.508 e. The molecule has 0 fully saturated rings. The molecule has 0 unspecified atom stereocenters. The van der Waals surface area contributed by atoms with Gasteiger partial charge in [-0.25, -0.2) is 0 Å². The molecule has 0 saturated heterocycles. The number of hydrogen-bond acceptors (Lipinski definition) is 5. The zero-order chi connectivity index (χ0) is 20.7. The predicted molar refractivity (Wildman–Crippen MR) is 118 cm³/mol. The monoisotopic (exact) mass is 412 g/mol. The molecule has 0 aliphatic heterocycles. The Hall–Kier alpha value is -3.83. The lowest BCUT2D eigenvalue weighted by molar-refractivity contribution is 0.104. The van der Waals surface area contributed by atoms with Crippen LogP contribution in [0.3, 0.4) is 0 Å². The second-order valence-electron chi connectivity index (χ2n) is 6.93. The van der Waals surface area contributed by atoms with Crippen molar-refractivity contribution in [1.29, 1.82) is 0 Å². The molecule has 0 bridgehead atoms. The Labute approximate surface area is 176 Å². The van der Waals surface area contributed by atoms with E-state index in [9.17, 15) is 15.0 Å². The summed E-state index contributed by atoms with van der Waals surface area (Å²) < 4.78 is 5.90. The summed E-state index contributed by atoms with van der Waals surface area (Å²) in [7, 11) is 0. The molecule has 5 rings (SSSR count). The number of benzene rings is 3. The molecule has 2 N–H and O–H groups in total. The summed E-state index contributed by atoms with van der Waals surface area (Å²) in [6, 6.07) is 22.0. The van der Waals surface area contributed by atoms with Crippen LogP contribution in [-0.2, 0) is 0 Å². The second-order valence-corrected chi connectivity index (χ2v) is 7.98. The van der Waals surface area contributed by atoms with Gasteiger partial charge in [0.2, 0.25) is 5.78 Å². The number of aromatic hydroxyl groups is 2. The zero-order valence-corrected chi connectivity index (χ0v) is 16.5. The van der Waals surface area contributed by atoms with Gasteiger partial charge in [0.15, 0.2) is 5.75 Å². The third-order valence-electron chi connectivity index (χ3n) is 5.04. The topological polar surface area (TPSA) is 70.7 Å². The fraction of sp³-hybridized carbons (Fsp3) is 0. The molecule has 0 saturated carbocycles. The first kappa shape index (κ1) is 18.2. The number of fused-ring (bicyclic) bond motifs is 1. The van der Waals surface area contributed by atoms with Gasteiger partial charge in [-0.3, -0.25) is 4.79 Å². The van der Waals surface area contributed by atoms with Crippen molar-refractivity contribution in [3.8, 4) is 33.8 Å². The summed E-state index contributed by atoms with van der Waals surface area (Å²) in [6.45, 7) is 0. The first-order valence-electron chi connectivity index (χ1n) is 9.33. The van der Waals surface area contributed by atoms with Crippen LogP contribution in [0, 0.1) is 0 Å². The smallest absolute Gasteiger partial charge is 0.203 e. The van der Waals surface area contributed by atoms with E-state index in [2.05, 4.69) is 0 Å². The predicted octanol–water partition coefficient (Wildman–Crippen LogP) is 6.47. The number of furan rings is 1. The summed E-state index contributed by atoms with van der Waals surface area (Å²) in [5, 5.41) is 20.7. The van der Waals surface area contributed by atoms with E-state index in [4.69, 9.17) is 4.42 Å². The highest BCUT2D eigenvalue weighted by Crippen LogP contribution is 2.42. The van der Waals surface area contributed by atoms with E-state index in [1.165, 1.54) is 23.9 Å². The van der Waals surface area contributed by atoms with Crippen LogP contribution >= 0.6 is 11.3 Å². The number of phenols is 1. The van der Waals surface area contributed by atoms with Crippen molar-refractivity contribution in [3.05, 3.63) is 95.8 Å². The standard InChI is InChI=1S/C25H16O4S/c26-18-10-11-19-22(12-18)30-25(24(28)17-4-2-1-3-5-17)23(19)16-8-6-15(7-9-16)20-13-29-14-21(20)27/h1-14,26-27H. The van der Waals surface area contributed by atoms with Crippen LogP contribution < -0.4 is 0 Å². The van der Waals surface area contributed by atoms with Crippen LogP contribution in [0.4, 0.5) is 0 Å². The number of phenolic OH excluding ortho intramolecular Hbond substituents is 1. The molecule has 0 aliphatic carbocycles. The van der Waals surface area contributed by atoms with Gasteiger partial charge >= 0.3 is 0 Å². The van der Waals surface area contributed by atoms with Crippen molar-refractivity contribution in [3.63, 3.8) is 0 Å². The highest BCUT2D eigenvalue weighted by atomic mass is 32.1. The van der Waals surface area contributed by atoms with Gasteiger partial charge in [-0.1, -0.05) is 54.6 Å². The van der Waals surface area contributed by atoms with Crippen molar-refractivity contribution in [1.82, 2.24) is 0 Å². The van der Waals surface area contributed by atoms with E-state index in [1.807, 2.05) is 48.5 Å². The Morgan fingerprint density at radius 1 is 0.833 bits per heavy atom. The number of carbonyl (C=O) groups is 1. The van der Waals surface area contributed by atoms with E-state index >= 15 is 0 Å². The number of hydrogen-bond donors (Lipinski definition) is 2. The van der Waals surface area contributed by atoms with Crippen LogP contribution in [-0.4, -0.2) is 16.0 Å². The minimum Gasteiger partial charge on any atom is -0.508 e. The van der Waals surface area contributed by atoms with Gasteiger partial charge < -0.3 is 14.6 Å². The summed E-state index contributed by atoms with van der Waals surface area (Å²) >= 11 is 1.38. The molecule has 2 heterocycles. The molecule has 30 heavy (non-hydrogen) atoms. The Morgan fingerprint density at radius 2 is 1.57 bits per heavy atom. The van der Waals surface area contributed by atoms with Gasteiger partial charge in [0.05, 0.1) is 10.4 Å². The van der Waals surface area contributed by atoms with Gasteiger partial charge in [0.1, 0.15) is 18.3 Å². The quantitative estimate of drug-likeness (QED) is 0.332. The minimum atomic E-state index is -0.0529. The van der Waals surface area contributed by atoms with Crippen LogP contribution in [0.2, 0.25) is 0 Å². The lowest BCUT2D eigenvalue weighted by Gasteiger charge is -2.07. The van der Waals surface area contributed by atoms with Crippen molar-refractivity contribution >= 4 is 27.2 Å². The van der Waals surface area contributed by atoms with Crippen LogP contribution in [0.1, 0.15) is 15.2 Å². The average molecular weight is 412 g/mol. The lowest BCUT2D eigenvalue weighted by atomic mass is 9.96. The van der Waals surface area contributed by atoms with Crippen molar-refractivity contribution in [2.75, 3.05) is 0 Å². The lowest BCUT2D eigenvalue weighted by Crippen LogP contribution is -2.00. The maximum absolute atomic E-state index is 13.3. The first-order chi connectivity index (χ1) is 14.6. The molecule has 0 spiro atoms. The Morgan fingerprint density at radius 3 is 2.27 bits per heavy atom. The van der Waals surface area contributed by atoms with Crippen LogP contribution in [0.15, 0.2) is 89.7 Å². The van der Waals surface area contributed by atoms with E-state index < -0.39 is 0 Å². The van der Waals surface area contributed by atoms with Gasteiger partial charge in [0, 0.05) is 21.2 Å². The number of thiophene rings is 1.